The molecule has 2 aromatic heterocycles. The number of likely N-dealkylation sites (N-methyl/N-ethyl adjacent to an activating group) is 1. The molecule has 1 N–H and O–H groups in total. The average Bonchev–Trinajstić information content (AvgIpc) is 2.97. The Hall–Kier alpha value is -0.850. The zero-order valence-electron chi connectivity index (χ0n) is 11.8. The summed E-state index contributed by atoms with van der Waals surface area (Å²) in [6.07, 6.45) is 0.905. The predicted octanol–water partition coefficient (Wildman–Crippen LogP) is 3.32. The third kappa shape index (κ3) is 3.58. The van der Waals surface area contributed by atoms with E-state index < -0.39 is 0 Å². The zero-order valence-corrected chi connectivity index (χ0v) is 13.4. The molecule has 0 aromatic carbocycles. The highest BCUT2D eigenvalue weighted by Crippen LogP contribution is 2.28. The Morgan fingerprint density at radius 2 is 2.16 bits per heavy atom. The van der Waals surface area contributed by atoms with Gasteiger partial charge >= 0.3 is 0 Å². The van der Waals surface area contributed by atoms with Gasteiger partial charge in [0.2, 0.25) is 0 Å². The van der Waals surface area contributed by atoms with Crippen molar-refractivity contribution in [2.75, 3.05) is 6.54 Å². The van der Waals surface area contributed by atoms with Gasteiger partial charge in [-0.05, 0) is 30.9 Å². The van der Waals surface area contributed by atoms with E-state index in [4.69, 9.17) is 0 Å². The summed E-state index contributed by atoms with van der Waals surface area (Å²) in [5.74, 6) is 0.409. The van der Waals surface area contributed by atoms with Gasteiger partial charge in [-0.15, -0.1) is 16.4 Å². The third-order valence-electron chi connectivity index (χ3n) is 2.93. The van der Waals surface area contributed by atoms with Gasteiger partial charge in [0.05, 0.1) is 27.3 Å². The summed E-state index contributed by atoms with van der Waals surface area (Å²) in [7, 11) is 0. The molecule has 0 aliphatic carbocycles. The van der Waals surface area contributed by atoms with Gasteiger partial charge in [0.15, 0.2) is 0 Å². The number of aromatic nitrogens is 3. The molecule has 104 valence electrons. The Morgan fingerprint density at radius 3 is 2.74 bits per heavy atom. The fraction of sp³-hybridized carbons (Fsp3) is 0.615. The maximum Gasteiger partial charge on any atom is 0.0897 e. The highest BCUT2D eigenvalue weighted by atomic mass is 32.1. The number of rotatable bonds is 6. The molecule has 0 amide bonds. The molecule has 0 aliphatic rings. The molecule has 4 nitrogen and oxygen atoms in total. The van der Waals surface area contributed by atoms with E-state index in [-0.39, 0.29) is 6.04 Å². The highest BCUT2D eigenvalue weighted by Gasteiger charge is 2.21. The van der Waals surface area contributed by atoms with Crippen molar-refractivity contribution in [2.45, 2.75) is 46.1 Å². The summed E-state index contributed by atoms with van der Waals surface area (Å²) in [4.78, 5) is 5.81. The van der Waals surface area contributed by atoms with E-state index in [0.717, 1.165) is 29.4 Å². The second kappa shape index (κ2) is 6.54. The summed E-state index contributed by atoms with van der Waals surface area (Å²) in [5.41, 5.74) is 2.26. The second-order valence-corrected chi connectivity index (χ2v) is 6.70. The average molecular weight is 296 g/mol. The fourth-order valence-corrected chi connectivity index (χ4v) is 3.57. The summed E-state index contributed by atoms with van der Waals surface area (Å²) >= 11 is 3.21. The van der Waals surface area contributed by atoms with Crippen molar-refractivity contribution in [2.24, 2.45) is 0 Å². The van der Waals surface area contributed by atoms with E-state index in [1.54, 1.807) is 11.3 Å². The molecule has 2 aromatic rings. The molecule has 0 spiro atoms. The van der Waals surface area contributed by atoms with Crippen LogP contribution in [0, 0.1) is 6.92 Å². The molecular formula is C13H20N4S2. The minimum atomic E-state index is 0.268. The summed E-state index contributed by atoms with van der Waals surface area (Å²) < 4.78 is 4.13. The quantitative estimate of drug-likeness (QED) is 0.888. The standard InChI is InChI=1S/C13H20N4S2/c1-5-14-11(6-10-7-18-9(4)15-10)13-12(8(2)3)16-17-19-13/h7-8,11,14H,5-6H2,1-4H3. The topological polar surface area (TPSA) is 50.7 Å². The van der Waals surface area contributed by atoms with E-state index in [9.17, 15) is 0 Å². The van der Waals surface area contributed by atoms with E-state index in [2.05, 4.69) is 46.0 Å². The summed E-state index contributed by atoms with van der Waals surface area (Å²) in [5, 5.41) is 11.1. The monoisotopic (exact) mass is 296 g/mol. The Kier molecular flexibility index (Phi) is 5.01. The van der Waals surface area contributed by atoms with Crippen molar-refractivity contribution in [1.82, 2.24) is 19.9 Å². The Bertz CT molecular complexity index is 518. The Balaban J connectivity index is 2.21. The van der Waals surface area contributed by atoms with Crippen LogP contribution in [0.5, 0.6) is 0 Å². The first-order valence-electron chi connectivity index (χ1n) is 6.58. The van der Waals surface area contributed by atoms with Crippen LogP contribution < -0.4 is 5.32 Å². The Morgan fingerprint density at radius 1 is 1.37 bits per heavy atom. The van der Waals surface area contributed by atoms with E-state index in [1.807, 2.05) is 6.92 Å². The SMILES string of the molecule is CCNC(Cc1csc(C)n1)c1snnc1C(C)C. The largest absolute Gasteiger partial charge is 0.309 e. The molecule has 1 atom stereocenters. The third-order valence-corrected chi connectivity index (χ3v) is 4.61. The number of thiazole rings is 1. The minimum absolute atomic E-state index is 0.268. The lowest BCUT2D eigenvalue weighted by atomic mass is 10.0. The lowest BCUT2D eigenvalue weighted by Gasteiger charge is -2.17. The van der Waals surface area contributed by atoms with Gasteiger partial charge in [-0.1, -0.05) is 25.3 Å². The van der Waals surface area contributed by atoms with Gasteiger partial charge in [0, 0.05) is 11.8 Å². The zero-order chi connectivity index (χ0) is 13.8. The van der Waals surface area contributed by atoms with Crippen molar-refractivity contribution in [3.8, 4) is 0 Å². The number of hydrogen-bond acceptors (Lipinski definition) is 6. The summed E-state index contributed by atoms with van der Waals surface area (Å²) in [6, 6.07) is 0.268. The van der Waals surface area contributed by atoms with Crippen LogP contribution in [0.4, 0.5) is 0 Å². The van der Waals surface area contributed by atoms with Crippen molar-refractivity contribution < 1.29 is 0 Å². The lowest BCUT2D eigenvalue weighted by molar-refractivity contribution is 0.544. The predicted molar refractivity (Wildman–Crippen MR) is 81.0 cm³/mol. The van der Waals surface area contributed by atoms with Gasteiger partial charge in [-0.3, -0.25) is 0 Å². The second-order valence-electron chi connectivity index (χ2n) is 4.85. The van der Waals surface area contributed by atoms with Crippen LogP contribution in [-0.2, 0) is 6.42 Å². The molecule has 0 radical (unpaired) electrons. The van der Waals surface area contributed by atoms with Gasteiger partial charge in [0.25, 0.3) is 0 Å². The lowest BCUT2D eigenvalue weighted by Crippen LogP contribution is -2.23. The first-order chi connectivity index (χ1) is 9.11. The van der Waals surface area contributed by atoms with Gasteiger partial charge < -0.3 is 5.32 Å². The van der Waals surface area contributed by atoms with E-state index in [1.165, 1.54) is 16.4 Å². The fourth-order valence-electron chi connectivity index (χ4n) is 2.06. The molecule has 19 heavy (non-hydrogen) atoms. The molecular weight excluding hydrogens is 276 g/mol. The van der Waals surface area contributed by atoms with Crippen molar-refractivity contribution >= 4 is 22.9 Å². The van der Waals surface area contributed by atoms with E-state index in [0.29, 0.717) is 5.92 Å². The van der Waals surface area contributed by atoms with E-state index >= 15 is 0 Å². The van der Waals surface area contributed by atoms with Gasteiger partial charge in [-0.25, -0.2) is 4.98 Å². The Labute approximate surface area is 122 Å². The number of hydrogen-bond donors (Lipinski definition) is 1. The minimum Gasteiger partial charge on any atom is -0.309 e. The van der Waals surface area contributed by atoms with Crippen LogP contribution in [0.3, 0.4) is 0 Å². The first kappa shape index (κ1) is 14.6. The van der Waals surface area contributed by atoms with Crippen molar-refractivity contribution in [1.29, 1.82) is 0 Å². The molecule has 0 saturated heterocycles. The summed E-state index contributed by atoms with van der Waals surface area (Å²) in [6.45, 7) is 9.43. The molecule has 0 bridgehead atoms. The van der Waals surface area contributed by atoms with Gasteiger partial charge in [-0.2, -0.15) is 0 Å². The molecule has 0 fully saturated rings. The molecule has 0 aliphatic heterocycles. The van der Waals surface area contributed by atoms with Crippen LogP contribution >= 0.6 is 22.9 Å². The normalized spacial score (nSPS) is 13.1. The van der Waals surface area contributed by atoms with Gasteiger partial charge in [0.1, 0.15) is 0 Å². The first-order valence-corrected chi connectivity index (χ1v) is 8.23. The molecule has 1 unspecified atom stereocenters. The number of nitrogens with one attached hydrogen (secondary N) is 1. The van der Waals surface area contributed by atoms with Crippen LogP contribution in [0.15, 0.2) is 5.38 Å². The van der Waals surface area contributed by atoms with Crippen molar-refractivity contribution in [3.05, 3.63) is 26.7 Å². The van der Waals surface area contributed by atoms with Crippen LogP contribution in [0.2, 0.25) is 0 Å². The maximum atomic E-state index is 4.56. The number of aryl methyl sites for hydroxylation is 1. The van der Waals surface area contributed by atoms with Crippen LogP contribution in [-0.4, -0.2) is 21.1 Å². The molecule has 2 heterocycles. The van der Waals surface area contributed by atoms with Crippen LogP contribution in [0.1, 0.15) is 54.0 Å². The van der Waals surface area contributed by atoms with Crippen LogP contribution in [0.25, 0.3) is 0 Å². The molecule has 0 saturated carbocycles. The maximum absolute atomic E-state index is 4.56. The molecule has 2 rings (SSSR count). The molecule has 6 heteroatoms. The highest BCUT2D eigenvalue weighted by molar-refractivity contribution is 7.09. The van der Waals surface area contributed by atoms with Crippen molar-refractivity contribution in [3.63, 3.8) is 0 Å². The number of nitrogens with zero attached hydrogens (tertiary/aromatic N) is 3. The smallest absolute Gasteiger partial charge is 0.0897 e.